The van der Waals surface area contributed by atoms with E-state index in [-0.39, 0.29) is 23.7 Å². The zero-order valence-corrected chi connectivity index (χ0v) is 18.6. The Labute approximate surface area is 178 Å². The fourth-order valence-electron chi connectivity index (χ4n) is 2.49. The molecule has 12 heteroatoms. The molecule has 0 fully saturated rings. The van der Waals surface area contributed by atoms with Gasteiger partial charge in [-0.3, -0.25) is 15.1 Å². The Morgan fingerprint density at radius 2 is 2.03 bits per heavy atom. The summed E-state index contributed by atoms with van der Waals surface area (Å²) in [6, 6.07) is 4.92. The molecule has 0 aliphatic heterocycles. The molecule has 0 aliphatic rings. The number of nitro benzene ring substituents is 1. The van der Waals surface area contributed by atoms with Crippen LogP contribution in [0.2, 0.25) is 0 Å². The summed E-state index contributed by atoms with van der Waals surface area (Å²) in [4.78, 5) is 16.6. The van der Waals surface area contributed by atoms with Crippen molar-refractivity contribution in [3.63, 3.8) is 0 Å². The highest BCUT2D eigenvalue weighted by Crippen LogP contribution is 2.16. The zero-order valence-electron chi connectivity index (χ0n) is 17.8. The molecule has 0 bridgehead atoms. The lowest BCUT2D eigenvalue weighted by molar-refractivity contribution is -0.385. The minimum Gasteiger partial charge on any atom is -0.385 e. The lowest BCUT2D eigenvalue weighted by Crippen LogP contribution is -2.41. The largest absolute Gasteiger partial charge is 0.385 e. The zero-order chi connectivity index (χ0) is 22.4. The van der Waals surface area contributed by atoms with Crippen molar-refractivity contribution in [2.75, 3.05) is 60.0 Å². The highest BCUT2D eigenvalue weighted by molar-refractivity contribution is 7.89. The van der Waals surface area contributed by atoms with Crippen LogP contribution in [0.4, 0.5) is 5.69 Å². The van der Waals surface area contributed by atoms with Gasteiger partial charge < -0.3 is 20.3 Å². The molecule has 0 saturated carbocycles. The molecule has 0 amide bonds. The Bertz CT molecular complexity index is 787. The highest BCUT2D eigenvalue weighted by atomic mass is 32.2. The van der Waals surface area contributed by atoms with E-state index in [4.69, 9.17) is 4.74 Å². The number of ether oxygens (including phenoxy) is 1. The van der Waals surface area contributed by atoms with Crippen LogP contribution in [0.25, 0.3) is 0 Å². The van der Waals surface area contributed by atoms with Gasteiger partial charge in [-0.15, -0.1) is 0 Å². The van der Waals surface area contributed by atoms with Crippen molar-refractivity contribution in [3.8, 4) is 0 Å². The molecule has 3 N–H and O–H groups in total. The van der Waals surface area contributed by atoms with E-state index >= 15 is 0 Å². The molecule has 0 heterocycles. The molecule has 1 rings (SSSR count). The first-order chi connectivity index (χ1) is 14.3. The summed E-state index contributed by atoms with van der Waals surface area (Å²) in [6.45, 7) is 6.08. The number of methoxy groups -OCH3 is 1. The van der Waals surface area contributed by atoms with Gasteiger partial charge in [0, 0.05) is 58.6 Å². The van der Waals surface area contributed by atoms with Crippen molar-refractivity contribution in [2.45, 2.75) is 18.2 Å². The monoisotopic (exact) mass is 444 g/mol. The first-order valence-corrected chi connectivity index (χ1v) is 11.2. The number of likely N-dealkylation sites (N-methyl/N-ethyl adjacent to an activating group) is 1. The molecule has 1 aromatic carbocycles. The number of aliphatic imine (C=N–C) groups is 1. The Kier molecular flexibility index (Phi) is 11.9. The van der Waals surface area contributed by atoms with Gasteiger partial charge in [0.15, 0.2) is 5.96 Å². The first kappa shape index (κ1) is 25.8. The third-order valence-electron chi connectivity index (χ3n) is 4.03. The van der Waals surface area contributed by atoms with Crippen LogP contribution < -0.4 is 15.4 Å². The van der Waals surface area contributed by atoms with Crippen LogP contribution in [0.15, 0.2) is 34.2 Å². The van der Waals surface area contributed by atoms with Gasteiger partial charge >= 0.3 is 0 Å². The van der Waals surface area contributed by atoms with E-state index in [1.807, 2.05) is 14.0 Å². The van der Waals surface area contributed by atoms with Crippen LogP contribution in [0.1, 0.15) is 13.3 Å². The van der Waals surface area contributed by atoms with Crippen molar-refractivity contribution < 1.29 is 18.1 Å². The van der Waals surface area contributed by atoms with Gasteiger partial charge in [0.05, 0.1) is 16.4 Å². The summed E-state index contributed by atoms with van der Waals surface area (Å²) in [7, 11) is -0.130. The van der Waals surface area contributed by atoms with Gasteiger partial charge in [-0.05, 0) is 26.5 Å². The number of rotatable bonds is 14. The maximum absolute atomic E-state index is 12.3. The maximum atomic E-state index is 12.3. The van der Waals surface area contributed by atoms with Crippen molar-refractivity contribution in [1.29, 1.82) is 0 Å². The molecule has 1 aromatic rings. The molecule has 0 unspecified atom stereocenters. The number of nitrogens with zero attached hydrogens (tertiary/aromatic N) is 3. The van der Waals surface area contributed by atoms with Gasteiger partial charge in [0.2, 0.25) is 10.0 Å². The Balaban J connectivity index is 2.49. The summed E-state index contributed by atoms with van der Waals surface area (Å²) < 4.78 is 32.1. The summed E-state index contributed by atoms with van der Waals surface area (Å²) >= 11 is 0. The van der Waals surface area contributed by atoms with Crippen LogP contribution in [-0.4, -0.2) is 84.2 Å². The number of guanidine groups is 1. The third-order valence-corrected chi connectivity index (χ3v) is 5.49. The summed E-state index contributed by atoms with van der Waals surface area (Å²) in [5, 5.41) is 17.1. The van der Waals surface area contributed by atoms with E-state index in [0.29, 0.717) is 19.0 Å². The number of hydrogen-bond donors (Lipinski definition) is 3. The van der Waals surface area contributed by atoms with E-state index in [2.05, 4.69) is 25.2 Å². The molecule has 0 aromatic heterocycles. The minimum atomic E-state index is -3.85. The average molecular weight is 445 g/mol. The van der Waals surface area contributed by atoms with Crippen LogP contribution in [0.5, 0.6) is 0 Å². The normalized spacial score (nSPS) is 12.2. The molecule has 170 valence electrons. The standard InChI is InChI=1S/C18H32N6O5S/c1-4-19-18(21-11-13-23(2)12-6-14-29-3)20-9-10-22-30(27,28)17-8-5-7-16(15-17)24(25)26/h5,7-8,15,22H,4,6,9-14H2,1-3H3,(H2,19,20,21). The first-order valence-electron chi connectivity index (χ1n) is 9.74. The summed E-state index contributed by atoms with van der Waals surface area (Å²) in [5.74, 6) is 0.595. The minimum absolute atomic E-state index is 0.0680. The number of nitrogens with one attached hydrogen (secondary N) is 3. The van der Waals surface area contributed by atoms with E-state index in [9.17, 15) is 18.5 Å². The van der Waals surface area contributed by atoms with Gasteiger partial charge in [0.1, 0.15) is 0 Å². The summed E-state index contributed by atoms with van der Waals surface area (Å²) in [6.07, 6.45) is 0.964. The van der Waals surface area contributed by atoms with Crippen molar-refractivity contribution in [2.24, 2.45) is 4.99 Å². The molecule has 0 atom stereocenters. The molecule has 30 heavy (non-hydrogen) atoms. The second kappa shape index (κ2) is 13.9. The van der Waals surface area contributed by atoms with E-state index < -0.39 is 14.9 Å². The van der Waals surface area contributed by atoms with Crippen LogP contribution in [-0.2, 0) is 14.8 Å². The van der Waals surface area contributed by atoms with Crippen molar-refractivity contribution in [3.05, 3.63) is 34.4 Å². The van der Waals surface area contributed by atoms with Crippen LogP contribution >= 0.6 is 0 Å². The molecule has 11 nitrogen and oxygen atoms in total. The fraction of sp³-hybridized carbons (Fsp3) is 0.611. The maximum Gasteiger partial charge on any atom is 0.270 e. The second-order valence-electron chi connectivity index (χ2n) is 6.49. The van der Waals surface area contributed by atoms with Gasteiger partial charge in [0.25, 0.3) is 5.69 Å². The molecule has 0 spiro atoms. The fourth-order valence-corrected chi connectivity index (χ4v) is 3.55. The highest BCUT2D eigenvalue weighted by Gasteiger charge is 2.16. The predicted octanol–water partition coefficient (Wildman–Crippen LogP) is 0.397. The molecule has 0 aliphatic carbocycles. The Morgan fingerprint density at radius 3 is 2.70 bits per heavy atom. The molecular formula is C18H32N6O5S. The quantitative estimate of drug-likeness (QED) is 0.123. The predicted molar refractivity (Wildman–Crippen MR) is 116 cm³/mol. The smallest absolute Gasteiger partial charge is 0.270 e. The Morgan fingerprint density at radius 1 is 1.27 bits per heavy atom. The number of sulfonamides is 1. The number of nitro groups is 1. The van der Waals surface area contributed by atoms with Crippen LogP contribution in [0.3, 0.4) is 0 Å². The topological polar surface area (TPSA) is 138 Å². The number of benzene rings is 1. The van der Waals surface area contributed by atoms with Crippen LogP contribution in [0, 0.1) is 10.1 Å². The van der Waals surface area contributed by atoms with E-state index in [0.717, 1.165) is 32.2 Å². The average Bonchev–Trinajstić information content (AvgIpc) is 2.71. The van der Waals surface area contributed by atoms with Crippen molar-refractivity contribution in [1.82, 2.24) is 20.3 Å². The van der Waals surface area contributed by atoms with Gasteiger partial charge in [-0.2, -0.15) is 0 Å². The third kappa shape index (κ3) is 9.96. The van der Waals surface area contributed by atoms with Crippen molar-refractivity contribution >= 4 is 21.7 Å². The SMILES string of the molecule is CCNC(=NCCNS(=O)(=O)c1cccc([N+](=O)[O-])c1)NCCN(C)CCCOC. The number of hydrogen-bond acceptors (Lipinski definition) is 7. The molecular weight excluding hydrogens is 412 g/mol. The Hall–Kier alpha value is -2.28. The van der Waals surface area contributed by atoms with Gasteiger partial charge in [-0.1, -0.05) is 6.07 Å². The lowest BCUT2D eigenvalue weighted by atomic mass is 10.3. The van der Waals surface area contributed by atoms with E-state index in [1.54, 1.807) is 7.11 Å². The second-order valence-corrected chi connectivity index (χ2v) is 8.26. The summed E-state index contributed by atoms with van der Waals surface area (Å²) in [5.41, 5.74) is -0.276. The number of non-ortho nitro benzene ring substituents is 1. The van der Waals surface area contributed by atoms with E-state index in [1.165, 1.54) is 18.2 Å². The van der Waals surface area contributed by atoms with Gasteiger partial charge in [-0.25, -0.2) is 13.1 Å². The lowest BCUT2D eigenvalue weighted by Gasteiger charge is -2.18. The molecule has 0 saturated heterocycles. The molecule has 0 radical (unpaired) electrons.